The third kappa shape index (κ3) is 4.50. The predicted molar refractivity (Wildman–Crippen MR) is 60.0 cm³/mol. The largest absolute Gasteiger partial charge is 0.400 e. The minimum Gasteiger partial charge on any atom is -0.394 e. The van der Waals surface area contributed by atoms with E-state index in [1.165, 1.54) is 0 Å². The third-order valence-electron chi connectivity index (χ3n) is 2.49. The first-order valence-electron chi connectivity index (χ1n) is 5.07. The molecule has 13 nitrogen and oxygen atoms in total. The van der Waals surface area contributed by atoms with Crippen LogP contribution in [-0.2, 0) is 29.6 Å². The van der Waals surface area contributed by atoms with Gasteiger partial charge in [0, 0.05) is 0 Å². The van der Waals surface area contributed by atoms with E-state index in [1.807, 2.05) is 0 Å². The van der Waals surface area contributed by atoms with Crippen LogP contribution in [0.4, 0.5) is 0 Å². The molecule has 0 amide bonds. The molecule has 0 aliphatic carbocycles. The van der Waals surface area contributed by atoms with E-state index in [1.54, 1.807) is 0 Å². The van der Waals surface area contributed by atoms with Crippen molar-refractivity contribution in [3.63, 3.8) is 0 Å². The number of nitrogens with one attached hydrogen (secondary N) is 1. The van der Waals surface area contributed by atoms with Crippen molar-refractivity contribution in [3.8, 4) is 0 Å². The summed E-state index contributed by atoms with van der Waals surface area (Å²) in [5.74, 6) is 0. The Kier molecular flexibility index (Phi) is 5.29. The van der Waals surface area contributed by atoms with Crippen molar-refractivity contribution in [2.45, 2.75) is 30.3 Å². The Morgan fingerprint density at radius 1 is 1.19 bits per heavy atom. The van der Waals surface area contributed by atoms with Crippen LogP contribution in [0.2, 0.25) is 0 Å². The van der Waals surface area contributed by atoms with Crippen LogP contribution in [0.3, 0.4) is 0 Å². The highest BCUT2D eigenvalue weighted by molar-refractivity contribution is 7.83. The van der Waals surface area contributed by atoms with E-state index in [0.29, 0.717) is 0 Å². The van der Waals surface area contributed by atoms with Crippen molar-refractivity contribution >= 4 is 20.7 Å². The molecular formula is C6H13NO12S2. The van der Waals surface area contributed by atoms with E-state index >= 15 is 0 Å². The highest BCUT2D eigenvalue weighted by Gasteiger charge is 2.58. The fraction of sp³-hybridized carbons (Fsp3) is 1.00. The maximum atomic E-state index is 10.7. The zero-order chi connectivity index (χ0) is 16.6. The lowest BCUT2D eigenvalue weighted by molar-refractivity contribution is -0.324. The van der Waals surface area contributed by atoms with Gasteiger partial charge in [0.1, 0.15) is 18.3 Å². The molecule has 0 bridgehead atoms. The summed E-state index contributed by atoms with van der Waals surface area (Å²) in [5, 5.41) is 37.9. The Bertz CT molecular complexity index is 573. The molecule has 1 aliphatic heterocycles. The second kappa shape index (κ2) is 5.97. The first-order valence-corrected chi connectivity index (χ1v) is 7.87. The maximum Gasteiger partial charge on any atom is 0.400 e. The molecule has 0 unspecified atom stereocenters. The van der Waals surface area contributed by atoms with Crippen molar-refractivity contribution in [2.75, 3.05) is 6.61 Å². The second-order valence-corrected chi connectivity index (χ2v) is 6.25. The molecule has 1 aliphatic rings. The van der Waals surface area contributed by atoms with Crippen LogP contribution in [0.1, 0.15) is 0 Å². The zero-order valence-corrected chi connectivity index (χ0v) is 11.6. The molecule has 1 fully saturated rings. The monoisotopic (exact) mass is 355 g/mol. The SMILES string of the molecule is O=S(=O)(O)N[C@]1(O)[C@@H](OS(=O)(=O)O)O[C@H](CO)[C@@H](O)[C@@H]1O. The summed E-state index contributed by atoms with van der Waals surface area (Å²) in [6.45, 7) is -0.981. The van der Waals surface area contributed by atoms with Gasteiger partial charge in [0.2, 0.25) is 12.0 Å². The summed E-state index contributed by atoms with van der Waals surface area (Å²) in [6, 6.07) is 0. The fourth-order valence-corrected chi connectivity index (χ4v) is 2.66. The van der Waals surface area contributed by atoms with Gasteiger partial charge in [-0.15, -0.1) is 0 Å². The van der Waals surface area contributed by atoms with Crippen LogP contribution < -0.4 is 4.72 Å². The highest BCUT2D eigenvalue weighted by atomic mass is 32.3. The van der Waals surface area contributed by atoms with E-state index in [4.69, 9.17) is 14.2 Å². The Balaban J connectivity index is 3.24. The number of ether oxygens (including phenoxy) is 1. The van der Waals surface area contributed by atoms with Crippen LogP contribution in [-0.4, -0.2) is 83.3 Å². The summed E-state index contributed by atoms with van der Waals surface area (Å²) in [5.41, 5.74) is -3.38. The molecule has 0 aromatic rings. The molecule has 1 heterocycles. The van der Waals surface area contributed by atoms with Gasteiger partial charge in [-0.05, 0) is 0 Å². The molecule has 5 atom stereocenters. The van der Waals surface area contributed by atoms with E-state index in [0.717, 1.165) is 4.72 Å². The lowest BCUT2D eigenvalue weighted by Gasteiger charge is -2.46. The van der Waals surface area contributed by atoms with Crippen molar-refractivity contribution in [1.82, 2.24) is 4.72 Å². The normalized spacial score (nSPS) is 38.4. The van der Waals surface area contributed by atoms with Crippen LogP contribution in [0.15, 0.2) is 0 Å². The van der Waals surface area contributed by atoms with Gasteiger partial charge in [-0.25, -0.2) is 4.18 Å². The molecule has 0 saturated carbocycles. The van der Waals surface area contributed by atoms with Crippen molar-refractivity contribution in [2.24, 2.45) is 0 Å². The minimum absolute atomic E-state index is 0.981. The smallest absolute Gasteiger partial charge is 0.394 e. The zero-order valence-electron chi connectivity index (χ0n) is 9.97. The maximum absolute atomic E-state index is 10.7. The number of hydrogen-bond donors (Lipinski definition) is 7. The molecule has 0 radical (unpaired) electrons. The number of aliphatic hydroxyl groups excluding tert-OH is 3. The lowest BCUT2D eigenvalue weighted by atomic mass is 9.94. The van der Waals surface area contributed by atoms with Gasteiger partial charge in [0.25, 0.3) is 0 Å². The molecule has 126 valence electrons. The summed E-state index contributed by atoms with van der Waals surface area (Å²) < 4.78 is 69.2. The van der Waals surface area contributed by atoms with Gasteiger partial charge in [-0.1, -0.05) is 0 Å². The molecule has 15 heteroatoms. The summed E-state index contributed by atoms with van der Waals surface area (Å²) in [6.07, 6.45) is -8.88. The molecular weight excluding hydrogens is 342 g/mol. The molecule has 0 aromatic carbocycles. The minimum atomic E-state index is -5.30. The number of hydrogen-bond acceptors (Lipinski definition) is 10. The van der Waals surface area contributed by atoms with Gasteiger partial charge in [-0.2, -0.15) is 21.6 Å². The Morgan fingerprint density at radius 3 is 2.10 bits per heavy atom. The first kappa shape index (κ1) is 18.6. The topological polar surface area (TPSA) is 220 Å². The Morgan fingerprint density at radius 2 is 1.71 bits per heavy atom. The fourth-order valence-electron chi connectivity index (χ4n) is 1.62. The van der Waals surface area contributed by atoms with Crippen LogP contribution >= 0.6 is 0 Å². The van der Waals surface area contributed by atoms with Crippen LogP contribution in [0.5, 0.6) is 0 Å². The molecule has 7 N–H and O–H groups in total. The van der Waals surface area contributed by atoms with E-state index in [-0.39, 0.29) is 0 Å². The summed E-state index contributed by atoms with van der Waals surface area (Å²) in [4.78, 5) is 0. The molecule has 0 aromatic heterocycles. The van der Waals surface area contributed by atoms with Gasteiger partial charge in [0.05, 0.1) is 6.61 Å². The molecule has 0 spiro atoms. The molecule has 1 saturated heterocycles. The quantitative estimate of drug-likeness (QED) is 0.183. The second-order valence-electron chi connectivity index (χ2n) is 4.05. The van der Waals surface area contributed by atoms with E-state index < -0.39 is 57.6 Å². The average Bonchev–Trinajstić information content (AvgIpc) is 2.27. The van der Waals surface area contributed by atoms with Gasteiger partial charge < -0.3 is 25.2 Å². The van der Waals surface area contributed by atoms with Crippen LogP contribution in [0.25, 0.3) is 0 Å². The number of aliphatic hydroxyl groups is 4. The van der Waals surface area contributed by atoms with Gasteiger partial charge in [-0.3, -0.25) is 9.11 Å². The Hall–Kier alpha value is -0.460. The van der Waals surface area contributed by atoms with Crippen LogP contribution in [0, 0.1) is 0 Å². The standard InChI is InChI=1S/C6H13NO12S2/c8-1-2-3(9)4(10)6(11,7-20(12,13)14)5(18-2)19-21(15,16)17/h2-5,7-11H,1H2,(H,12,13,14)(H,15,16,17)/t2-,3-,4+,5-,6-/m1/s1. The van der Waals surface area contributed by atoms with E-state index in [9.17, 15) is 32.2 Å². The number of rotatable bonds is 5. The summed E-state index contributed by atoms with van der Waals surface area (Å²) in [7, 11) is -10.5. The van der Waals surface area contributed by atoms with E-state index in [2.05, 4.69) is 8.92 Å². The average molecular weight is 355 g/mol. The van der Waals surface area contributed by atoms with Gasteiger partial charge in [0.15, 0.2) is 0 Å². The highest BCUT2D eigenvalue weighted by Crippen LogP contribution is 2.30. The van der Waals surface area contributed by atoms with Crippen molar-refractivity contribution < 1.29 is 55.3 Å². The van der Waals surface area contributed by atoms with Crippen molar-refractivity contribution in [3.05, 3.63) is 0 Å². The lowest BCUT2D eigenvalue weighted by Crippen LogP contribution is -2.73. The van der Waals surface area contributed by atoms with Crippen molar-refractivity contribution in [1.29, 1.82) is 0 Å². The molecule has 1 rings (SSSR count). The summed E-state index contributed by atoms with van der Waals surface area (Å²) >= 11 is 0. The third-order valence-corrected chi connectivity index (χ3v) is 3.50. The first-order chi connectivity index (χ1) is 9.30. The predicted octanol–water partition coefficient (Wildman–Crippen LogP) is -4.67. The Labute approximate surface area is 118 Å². The molecule has 21 heavy (non-hydrogen) atoms. The van der Waals surface area contributed by atoms with Gasteiger partial charge >= 0.3 is 20.7 Å².